The third-order valence-corrected chi connectivity index (χ3v) is 6.67. The molecule has 0 unspecified atom stereocenters. The third-order valence-electron chi connectivity index (χ3n) is 4.63. The average Bonchev–Trinajstić information content (AvgIpc) is 2.73. The molecule has 0 saturated carbocycles. The number of benzene rings is 3. The van der Waals surface area contributed by atoms with Gasteiger partial charge in [0, 0.05) is 18.1 Å². The van der Waals surface area contributed by atoms with Crippen molar-refractivity contribution < 1.29 is 17.6 Å². The van der Waals surface area contributed by atoms with Crippen LogP contribution >= 0.6 is 11.6 Å². The minimum Gasteiger partial charge on any atom is -0.351 e. The second kappa shape index (κ2) is 10.0. The summed E-state index contributed by atoms with van der Waals surface area (Å²) in [6.07, 6.45) is 0. The first kappa shape index (κ1) is 22.9. The number of nitrogens with zero attached hydrogens (tertiary/aromatic N) is 1. The van der Waals surface area contributed by atoms with E-state index in [1.54, 1.807) is 48.5 Å². The fourth-order valence-electron chi connectivity index (χ4n) is 2.94. The maximum absolute atomic E-state index is 13.3. The Labute approximate surface area is 186 Å². The molecule has 1 amide bonds. The molecule has 3 aromatic rings. The monoisotopic (exact) mass is 460 g/mol. The van der Waals surface area contributed by atoms with Gasteiger partial charge in [-0.25, -0.2) is 12.8 Å². The fraction of sp³-hybridized carbons (Fsp3) is 0.174. The normalized spacial score (nSPS) is 11.5. The molecule has 0 atom stereocenters. The number of amides is 1. The van der Waals surface area contributed by atoms with E-state index in [-0.39, 0.29) is 30.3 Å². The zero-order chi connectivity index (χ0) is 22.4. The number of sulfonamides is 1. The van der Waals surface area contributed by atoms with Crippen molar-refractivity contribution in [3.63, 3.8) is 0 Å². The zero-order valence-corrected chi connectivity index (χ0v) is 18.5. The molecule has 3 aromatic carbocycles. The summed E-state index contributed by atoms with van der Waals surface area (Å²) in [5.41, 5.74) is 2.30. The van der Waals surface area contributed by atoms with Crippen molar-refractivity contribution in [3.8, 4) is 0 Å². The van der Waals surface area contributed by atoms with Crippen molar-refractivity contribution in [2.24, 2.45) is 0 Å². The molecular weight excluding hydrogens is 439 g/mol. The molecule has 3 rings (SSSR count). The van der Waals surface area contributed by atoms with Gasteiger partial charge < -0.3 is 5.32 Å². The first-order valence-corrected chi connectivity index (χ1v) is 11.4. The van der Waals surface area contributed by atoms with Crippen molar-refractivity contribution >= 4 is 27.5 Å². The third kappa shape index (κ3) is 6.37. The van der Waals surface area contributed by atoms with E-state index in [1.165, 1.54) is 24.3 Å². The number of aryl methyl sites for hydroxylation is 1. The molecule has 0 spiro atoms. The maximum atomic E-state index is 13.3. The predicted molar refractivity (Wildman–Crippen MR) is 118 cm³/mol. The van der Waals surface area contributed by atoms with Gasteiger partial charge in [0.25, 0.3) is 0 Å². The van der Waals surface area contributed by atoms with Gasteiger partial charge in [-0.15, -0.1) is 0 Å². The highest BCUT2D eigenvalue weighted by atomic mass is 35.5. The molecule has 0 aromatic heterocycles. The minimum atomic E-state index is -3.93. The molecule has 0 aliphatic heterocycles. The molecule has 0 aliphatic rings. The number of rotatable bonds is 8. The summed E-state index contributed by atoms with van der Waals surface area (Å²) in [7, 11) is -3.93. The van der Waals surface area contributed by atoms with Crippen LogP contribution in [0, 0.1) is 12.7 Å². The number of carbonyl (C=O) groups is 1. The Morgan fingerprint density at radius 3 is 2.32 bits per heavy atom. The quantitative estimate of drug-likeness (QED) is 0.545. The van der Waals surface area contributed by atoms with Crippen LogP contribution in [0.3, 0.4) is 0 Å². The van der Waals surface area contributed by atoms with Crippen molar-refractivity contribution in [1.82, 2.24) is 9.62 Å². The largest absolute Gasteiger partial charge is 0.351 e. The molecule has 0 fully saturated rings. The van der Waals surface area contributed by atoms with Crippen molar-refractivity contribution in [2.45, 2.75) is 24.9 Å². The Morgan fingerprint density at radius 2 is 1.68 bits per heavy atom. The summed E-state index contributed by atoms with van der Waals surface area (Å²) >= 11 is 6.04. The standard InChI is InChI=1S/C23H22ClFN2O3S/c1-17-5-11-22(12-6-17)31(29,30)27(15-19-3-2-4-20(24)13-19)16-23(28)26-14-18-7-9-21(25)10-8-18/h2-13H,14-16H2,1H3,(H,26,28). The Hall–Kier alpha value is -2.74. The second-order valence-corrected chi connectivity index (χ2v) is 9.49. The van der Waals surface area contributed by atoms with E-state index in [1.807, 2.05) is 6.92 Å². The Bertz CT molecular complexity index is 1150. The number of carbonyl (C=O) groups excluding carboxylic acids is 1. The lowest BCUT2D eigenvalue weighted by atomic mass is 10.2. The molecular formula is C23H22ClFN2O3S. The van der Waals surface area contributed by atoms with Crippen LogP contribution in [0.25, 0.3) is 0 Å². The van der Waals surface area contributed by atoms with Crippen LogP contribution in [0.2, 0.25) is 5.02 Å². The van der Waals surface area contributed by atoms with Crippen LogP contribution in [0.5, 0.6) is 0 Å². The Balaban J connectivity index is 1.80. The van der Waals surface area contributed by atoms with E-state index in [9.17, 15) is 17.6 Å². The lowest BCUT2D eigenvalue weighted by Crippen LogP contribution is -2.40. The Kier molecular flexibility index (Phi) is 7.43. The van der Waals surface area contributed by atoms with Gasteiger partial charge in [-0.2, -0.15) is 4.31 Å². The van der Waals surface area contributed by atoms with E-state index in [0.29, 0.717) is 16.1 Å². The van der Waals surface area contributed by atoms with Crippen LogP contribution in [0.15, 0.2) is 77.7 Å². The predicted octanol–water partition coefficient (Wildman–Crippen LogP) is 4.29. The van der Waals surface area contributed by atoms with E-state index >= 15 is 0 Å². The van der Waals surface area contributed by atoms with Crippen molar-refractivity contribution in [1.29, 1.82) is 0 Å². The van der Waals surface area contributed by atoms with Crippen LogP contribution in [0.1, 0.15) is 16.7 Å². The first-order valence-electron chi connectivity index (χ1n) is 9.56. The van der Waals surface area contributed by atoms with Crippen LogP contribution in [0.4, 0.5) is 4.39 Å². The van der Waals surface area contributed by atoms with Gasteiger partial charge >= 0.3 is 0 Å². The molecule has 31 heavy (non-hydrogen) atoms. The SMILES string of the molecule is Cc1ccc(S(=O)(=O)N(CC(=O)NCc2ccc(F)cc2)Cc2cccc(Cl)c2)cc1. The lowest BCUT2D eigenvalue weighted by Gasteiger charge is -2.22. The molecule has 0 radical (unpaired) electrons. The molecule has 8 heteroatoms. The highest BCUT2D eigenvalue weighted by molar-refractivity contribution is 7.89. The summed E-state index contributed by atoms with van der Waals surface area (Å²) in [6, 6.07) is 19.0. The smallest absolute Gasteiger partial charge is 0.243 e. The first-order chi connectivity index (χ1) is 14.7. The summed E-state index contributed by atoms with van der Waals surface area (Å²) in [5, 5.41) is 3.16. The van der Waals surface area contributed by atoms with E-state index < -0.39 is 15.9 Å². The molecule has 0 bridgehead atoms. The highest BCUT2D eigenvalue weighted by Gasteiger charge is 2.27. The fourth-order valence-corrected chi connectivity index (χ4v) is 4.54. The molecule has 162 valence electrons. The number of halogens is 2. The molecule has 0 aliphatic carbocycles. The van der Waals surface area contributed by atoms with Gasteiger partial charge in [-0.05, 0) is 54.4 Å². The van der Waals surface area contributed by atoms with Crippen molar-refractivity contribution in [3.05, 3.63) is 100 Å². The van der Waals surface area contributed by atoms with Gasteiger partial charge in [0.15, 0.2) is 0 Å². The van der Waals surface area contributed by atoms with Gasteiger partial charge in [0.05, 0.1) is 11.4 Å². The van der Waals surface area contributed by atoms with Gasteiger partial charge in [0.1, 0.15) is 5.82 Å². The minimum absolute atomic E-state index is 0.0132. The molecule has 0 heterocycles. The van der Waals surface area contributed by atoms with Gasteiger partial charge in [-0.3, -0.25) is 4.79 Å². The topological polar surface area (TPSA) is 66.5 Å². The van der Waals surface area contributed by atoms with Gasteiger partial charge in [0.2, 0.25) is 15.9 Å². The van der Waals surface area contributed by atoms with Crippen molar-refractivity contribution in [2.75, 3.05) is 6.54 Å². The van der Waals surface area contributed by atoms with E-state index in [0.717, 1.165) is 9.87 Å². The van der Waals surface area contributed by atoms with E-state index in [4.69, 9.17) is 11.6 Å². The Morgan fingerprint density at radius 1 is 1.00 bits per heavy atom. The summed E-state index contributed by atoms with van der Waals surface area (Å²) in [5.74, 6) is -0.839. The van der Waals surface area contributed by atoms with Crippen LogP contribution in [-0.2, 0) is 27.9 Å². The molecule has 1 N–H and O–H groups in total. The average molecular weight is 461 g/mol. The number of hydrogen-bond donors (Lipinski definition) is 1. The molecule has 5 nitrogen and oxygen atoms in total. The van der Waals surface area contributed by atoms with Crippen LogP contribution < -0.4 is 5.32 Å². The second-order valence-electron chi connectivity index (χ2n) is 7.12. The number of hydrogen-bond acceptors (Lipinski definition) is 3. The maximum Gasteiger partial charge on any atom is 0.243 e. The van der Waals surface area contributed by atoms with Gasteiger partial charge in [-0.1, -0.05) is 53.6 Å². The lowest BCUT2D eigenvalue weighted by molar-refractivity contribution is -0.121. The number of nitrogens with one attached hydrogen (secondary N) is 1. The highest BCUT2D eigenvalue weighted by Crippen LogP contribution is 2.20. The zero-order valence-electron chi connectivity index (χ0n) is 16.9. The summed E-state index contributed by atoms with van der Waals surface area (Å²) in [4.78, 5) is 12.7. The van der Waals surface area contributed by atoms with E-state index in [2.05, 4.69) is 5.32 Å². The van der Waals surface area contributed by atoms with Crippen LogP contribution in [-0.4, -0.2) is 25.2 Å². The summed E-state index contributed by atoms with van der Waals surface area (Å²) < 4.78 is 40.7. The molecule has 0 saturated heterocycles. The summed E-state index contributed by atoms with van der Waals surface area (Å²) in [6.45, 7) is 1.64.